The van der Waals surface area contributed by atoms with Gasteiger partial charge in [0.25, 0.3) is 23.6 Å². The van der Waals surface area contributed by atoms with E-state index in [1.54, 1.807) is 38.1 Å². The highest BCUT2D eigenvalue weighted by molar-refractivity contribution is 6.13. The van der Waals surface area contributed by atoms with Crippen molar-refractivity contribution in [3.8, 4) is 0 Å². The molecule has 0 saturated carbocycles. The Hall–Kier alpha value is -5.22. The van der Waals surface area contributed by atoms with Gasteiger partial charge in [-0.2, -0.15) is 0 Å². The molecule has 0 aliphatic carbocycles. The number of primary amides is 1. The number of nitrogens with zero attached hydrogens (tertiary/aromatic N) is 2. The fraction of sp³-hybridized carbons (Fsp3) is 0.438. The number of hydrogen-bond acceptors (Lipinski definition) is 10. The zero-order valence-electron chi connectivity index (χ0n) is 26.7. The monoisotopic (exact) mass is 668 g/mol. The summed E-state index contributed by atoms with van der Waals surface area (Å²) in [5, 5.41) is 17.1. The van der Waals surface area contributed by atoms with E-state index in [1.807, 2.05) is 0 Å². The topological polar surface area (TPSA) is 235 Å². The van der Waals surface area contributed by atoms with Crippen LogP contribution in [0.4, 0.5) is 10.5 Å². The number of anilines is 1. The van der Waals surface area contributed by atoms with Crippen LogP contribution in [0.2, 0.25) is 0 Å². The van der Waals surface area contributed by atoms with E-state index < -0.39 is 77.8 Å². The molecule has 3 rings (SSSR count). The number of aliphatic hydroxyl groups is 1. The van der Waals surface area contributed by atoms with Crippen LogP contribution in [0.5, 0.6) is 0 Å². The molecule has 0 spiro atoms. The molecule has 1 aromatic rings. The molecular formula is C32H40N6O10. The van der Waals surface area contributed by atoms with Crippen LogP contribution >= 0.6 is 0 Å². The van der Waals surface area contributed by atoms with Gasteiger partial charge in [0.05, 0.1) is 31.8 Å². The van der Waals surface area contributed by atoms with Gasteiger partial charge in [-0.15, -0.1) is 0 Å². The largest absolute Gasteiger partial charge is 0.392 e. The molecule has 0 fully saturated rings. The third-order valence-corrected chi connectivity index (χ3v) is 7.60. The summed E-state index contributed by atoms with van der Waals surface area (Å²) in [5.74, 6) is -5.33. The van der Waals surface area contributed by atoms with E-state index in [0.717, 1.165) is 34.1 Å². The Labute approximate surface area is 276 Å². The Bertz CT molecular complexity index is 1390. The maximum atomic E-state index is 13.5. The van der Waals surface area contributed by atoms with Crippen molar-refractivity contribution < 1.29 is 48.2 Å². The summed E-state index contributed by atoms with van der Waals surface area (Å²) in [4.78, 5) is 101. The molecule has 0 radical (unpaired) electrons. The van der Waals surface area contributed by atoms with Gasteiger partial charge in [-0.25, -0.2) is 4.79 Å². The van der Waals surface area contributed by atoms with Crippen LogP contribution in [0, 0.1) is 11.8 Å². The minimum atomic E-state index is -1.11. The maximum Gasteiger partial charge on any atom is 0.312 e. The van der Waals surface area contributed by atoms with Crippen molar-refractivity contribution in [2.45, 2.75) is 51.9 Å². The van der Waals surface area contributed by atoms with Gasteiger partial charge in [-0.05, 0) is 36.5 Å². The van der Waals surface area contributed by atoms with Crippen molar-refractivity contribution in [1.29, 1.82) is 0 Å². The first-order chi connectivity index (χ1) is 22.8. The number of ketones is 1. The van der Waals surface area contributed by atoms with Crippen LogP contribution in [0.15, 0.2) is 48.6 Å². The molecule has 0 bridgehead atoms. The van der Waals surface area contributed by atoms with E-state index in [1.165, 1.54) is 0 Å². The standard InChI is InChI=1S/C32H40N6O10/c1-19(2)30(24(40)14-21(4-3-13-34-32(33)47)31(46)35-22-7-5-20(17-39)6-8-22)36-25(41)18-48-23(15-37-26(42)9-10-27(37)43)16-38-28(44)11-12-29(38)45/h5-12,19,21,23,30,39H,3-4,13-18H2,1-2H3,(H,35,46)(H,36,41)(H3,33,34,47)/t21-,30+/m1/s1. The van der Waals surface area contributed by atoms with E-state index in [9.17, 15) is 43.5 Å². The van der Waals surface area contributed by atoms with Crippen LogP contribution in [0.25, 0.3) is 0 Å². The summed E-state index contributed by atoms with van der Waals surface area (Å²) in [6, 6.07) is 4.74. The van der Waals surface area contributed by atoms with Crippen LogP contribution in [-0.4, -0.2) is 101 Å². The molecule has 8 amide bonds. The number of nitrogens with two attached hydrogens (primary N) is 1. The van der Waals surface area contributed by atoms with Crippen LogP contribution in [0.1, 0.15) is 38.7 Å². The molecule has 48 heavy (non-hydrogen) atoms. The van der Waals surface area contributed by atoms with Crippen molar-refractivity contribution in [2.75, 3.05) is 31.6 Å². The van der Waals surface area contributed by atoms with Gasteiger partial charge < -0.3 is 31.5 Å². The molecule has 258 valence electrons. The second-order valence-electron chi connectivity index (χ2n) is 11.6. The predicted octanol–water partition coefficient (Wildman–Crippen LogP) is -0.483. The fourth-order valence-electron chi connectivity index (χ4n) is 5.01. The molecule has 1 aromatic carbocycles. The first-order valence-electron chi connectivity index (χ1n) is 15.3. The summed E-state index contributed by atoms with van der Waals surface area (Å²) < 4.78 is 5.67. The van der Waals surface area contributed by atoms with E-state index in [0.29, 0.717) is 17.7 Å². The van der Waals surface area contributed by atoms with E-state index in [4.69, 9.17) is 10.5 Å². The number of nitrogens with one attached hydrogen (secondary N) is 3. The van der Waals surface area contributed by atoms with Gasteiger partial charge in [-0.1, -0.05) is 26.0 Å². The van der Waals surface area contributed by atoms with Crippen molar-refractivity contribution in [3.05, 3.63) is 54.1 Å². The van der Waals surface area contributed by atoms with Gasteiger partial charge in [0.15, 0.2) is 5.78 Å². The van der Waals surface area contributed by atoms with E-state index in [-0.39, 0.29) is 39.1 Å². The number of Topliss-reactive ketones (excluding diaryl/α,β-unsaturated/α-hetero) is 1. The molecular weight excluding hydrogens is 628 g/mol. The molecule has 6 N–H and O–H groups in total. The highest BCUT2D eigenvalue weighted by atomic mass is 16.5. The number of amides is 8. The quantitative estimate of drug-likeness (QED) is 0.0938. The number of ether oxygens (including phenoxy) is 1. The minimum absolute atomic E-state index is 0.170. The summed E-state index contributed by atoms with van der Waals surface area (Å²) in [7, 11) is 0. The van der Waals surface area contributed by atoms with Crippen LogP contribution < -0.4 is 21.7 Å². The van der Waals surface area contributed by atoms with Gasteiger partial charge >= 0.3 is 6.03 Å². The second-order valence-corrected chi connectivity index (χ2v) is 11.6. The number of rotatable bonds is 19. The maximum absolute atomic E-state index is 13.5. The lowest BCUT2D eigenvalue weighted by Gasteiger charge is -2.27. The summed E-state index contributed by atoms with van der Waals surface area (Å²) >= 11 is 0. The molecule has 0 saturated heterocycles. The summed E-state index contributed by atoms with van der Waals surface area (Å²) in [6.45, 7) is 2.10. The number of carbonyl (C=O) groups excluding carboxylic acids is 8. The van der Waals surface area contributed by atoms with E-state index in [2.05, 4.69) is 16.0 Å². The van der Waals surface area contributed by atoms with Crippen LogP contribution in [0.3, 0.4) is 0 Å². The molecule has 2 aliphatic heterocycles. The third-order valence-electron chi connectivity index (χ3n) is 7.60. The van der Waals surface area contributed by atoms with Crippen molar-refractivity contribution in [1.82, 2.24) is 20.4 Å². The molecule has 0 aromatic heterocycles. The number of benzene rings is 1. The van der Waals surface area contributed by atoms with Gasteiger partial charge in [0, 0.05) is 48.9 Å². The average Bonchev–Trinajstić information content (AvgIpc) is 3.53. The highest BCUT2D eigenvalue weighted by Gasteiger charge is 2.33. The molecule has 2 aliphatic rings. The summed E-state index contributed by atoms with van der Waals surface area (Å²) in [6.07, 6.45) is 3.43. The van der Waals surface area contributed by atoms with Crippen molar-refractivity contribution >= 4 is 52.9 Å². The number of imide groups is 2. The molecule has 2 heterocycles. The Morgan fingerprint density at radius 2 is 1.42 bits per heavy atom. The van der Waals surface area contributed by atoms with Crippen molar-refractivity contribution in [3.63, 3.8) is 0 Å². The van der Waals surface area contributed by atoms with E-state index >= 15 is 0 Å². The number of hydrogen-bond donors (Lipinski definition) is 5. The van der Waals surface area contributed by atoms with Crippen LogP contribution in [-0.2, 0) is 44.9 Å². The Morgan fingerprint density at radius 1 is 0.875 bits per heavy atom. The lowest BCUT2D eigenvalue weighted by molar-refractivity contribution is -0.143. The zero-order chi connectivity index (χ0) is 35.4. The van der Waals surface area contributed by atoms with Gasteiger partial charge in [0.1, 0.15) is 6.61 Å². The SMILES string of the molecule is CC(C)[C@H](NC(=O)COC(CN1C(=O)C=CC1=O)CN1C(=O)C=CC1=O)C(=O)C[C@@H](CCCNC(N)=O)C(=O)Nc1ccc(CO)cc1. The molecule has 16 nitrogen and oxygen atoms in total. The highest BCUT2D eigenvalue weighted by Crippen LogP contribution is 2.20. The third kappa shape index (κ3) is 10.9. The average molecular weight is 669 g/mol. The fourth-order valence-corrected chi connectivity index (χ4v) is 5.01. The number of urea groups is 1. The minimum Gasteiger partial charge on any atom is -0.392 e. The molecule has 2 atom stereocenters. The van der Waals surface area contributed by atoms with Gasteiger partial charge in [-0.3, -0.25) is 43.4 Å². The molecule has 0 unspecified atom stereocenters. The lowest BCUT2D eigenvalue weighted by Crippen LogP contribution is -2.49. The second kappa shape index (κ2) is 17.6. The smallest absolute Gasteiger partial charge is 0.312 e. The predicted molar refractivity (Wildman–Crippen MR) is 169 cm³/mol. The first-order valence-corrected chi connectivity index (χ1v) is 15.3. The lowest BCUT2D eigenvalue weighted by atomic mass is 9.89. The Balaban J connectivity index is 1.66. The zero-order valence-corrected chi connectivity index (χ0v) is 26.7. The number of aliphatic hydroxyl groups excluding tert-OH is 1. The normalized spacial score (nSPS) is 15.4. The van der Waals surface area contributed by atoms with Gasteiger partial charge in [0.2, 0.25) is 11.8 Å². The Kier molecular flexibility index (Phi) is 13.7. The first kappa shape index (κ1) is 37.2. The summed E-state index contributed by atoms with van der Waals surface area (Å²) in [5.41, 5.74) is 6.22. The molecule has 16 heteroatoms. The van der Waals surface area contributed by atoms with Crippen molar-refractivity contribution in [2.24, 2.45) is 17.6 Å². The number of carbonyl (C=O) groups is 8. The Morgan fingerprint density at radius 3 is 1.90 bits per heavy atom.